The van der Waals surface area contributed by atoms with Crippen molar-refractivity contribution in [1.29, 1.82) is 0 Å². The van der Waals surface area contributed by atoms with Crippen LogP contribution in [0.2, 0.25) is 0 Å². The maximum absolute atomic E-state index is 12.3. The highest BCUT2D eigenvalue weighted by atomic mass is 79.9. The number of non-ortho nitro benzene ring substituents is 1. The second-order valence-electron chi connectivity index (χ2n) is 4.13. The third-order valence-electron chi connectivity index (χ3n) is 2.41. The molecule has 1 heterocycles. The lowest BCUT2D eigenvalue weighted by molar-refractivity contribution is -0.384. The van der Waals surface area contributed by atoms with Crippen molar-refractivity contribution in [3.05, 3.63) is 38.7 Å². The average Bonchev–Trinajstić information content (AvgIpc) is 2.96. The molecular formula is C11H6BrF3N4O4S. The molecule has 0 aliphatic carbocycles. The van der Waals surface area contributed by atoms with Gasteiger partial charge in [-0.25, -0.2) is 0 Å². The molecule has 0 radical (unpaired) electrons. The van der Waals surface area contributed by atoms with E-state index in [4.69, 9.17) is 0 Å². The normalized spacial score (nSPS) is 11.3. The Balaban J connectivity index is 1.94. The second-order valence-corrected chi connectivity index (χ2v) is 5.91. The highest BCUT2D eigenvalue weighted by Crippen LogP contribution is 2.30. The maximum Gasteiger partial charge on any atom is 0.470 e. The Morgan fingerprint density at radius 1 is 1.42 bits per heavy atom. The molecule has 2 aromatic rings. The topological polar surface area (TPSA) is 111 Å². The van der Waals surface area contributed by atoms with E-state index in [0.717, 1.165) is 0 Å². The molecule has 2 rings (SSSR count). The van der Waals surface area contributed by atoms with Gasteiger partial charge in [-0.1, -0.05) is 11.8 Å². The van der Waals surface area contributed by atoms with Crippen LogP contribution in [0.25, 0.3) is 0 Å². The number of benzene rings is 1. The molecule has 0 spiro atoms. The first kappa shape index (κ1) is 18.2. The van der Waals surface area contributed by atoms with Gasteiger partial charge >= 0.3 is 12.1 Å². The number of alkyl halides is 3. The molecule has 0 saturated heterocycles. The van der Waals surface area contributed by atoms with Gasteiger partial charge in [-0.05, 0) is 22.0 Å². The molecule has 24 heavy (non-hydrogen) atoms. The van der Waals surface area contributed by atoms with Crippen molar-refractivity contribution in [2.75, 3.05) is 11.1 Å². The van der Waals surface area contributed by atoms with Crippen LogP contribution < -0.4 is 5.32 Å². The van der Waals surface area contributed by atoms with E-state index in [2.05, 4.69) is 35.9 Å². The lowest BCUT2D eigenvalue weighted by Crippen LogP contribution is -2.14. The number of hydrogen-bond acceptors (Lipinski definition) is 7. The minimum Gasteiger partial charge on any atom is -0.408 e. The number of nitrogens with zero attached hydrogens (tertiary/aromatic N) is 3. The first-order valence-electron chi connectivity index (χ1n) is 5.94. The van der Waals surface area contributed by atoms with E-state index in [1.165, 1.54) is 18.2 Å². The van der Waals surface area contributed by atoms with Gasteiger partial charge in [0.15, 0.2) is 0 Å². The van der Waals surface area contributed by atoms with E-state index in [0.29, 0.717) is 11.8 Å². The molecule has 0 aliphatic rings. The zero-order valence-corrected chi connectivity index (χ0v) is 13.7. The number of halogens is 4. The van der Waals surface area contributed by atoms with Crippen molar-refractivity contribution in [3.63, 3.8) is 0 Å². The first-order valence-corrected chi connectivity index (χ1v) is 7.72. The second kappa shape index (κ2) is 7.17. The summed E-state index contributed by atoms with van der Waals surface area (Å²) in [6.45, 7) is 0. The third-order valence-corrected chi connectivity index (χ3v) is 3.89. The Hall–Kier alpha value is -2.15. The lowest BCUT2D eigenvalue weighted by Gasteiger charge is -2.06. The molecule has 0 fully saturated rings. The summed E-state index contributed by atoms with van der Waals surface area (Å²) in [5, 5.41) is 18.6. The van der Waals surface area contributed by atoms with Gasteiger partial charge in [-0.2, -0.15) is 13.2 Å². The first-order chi connectivity index (χ1) is 11.2. The Labute approximate surface area is 144 Å². The molecule has 1 amide bonds. The quantitative estimate of drug-likeness (QED) is 0.442. The minimum absolute atomic E-state index is 0.167. The van der Waals surface area contributed by atoms with Gasteiger partial charge in [-0.3, -0.25) is 14.9 Å². The summed E-state index contributed by atoms with van der Waals surface area (Å²) in [4.78, 5) is 21.8. The van der Waals surface area contributed by atoms with E-state index in [-0.39, 0.29) is 21.6 Å². The summed E-state index contributed by atoms with van der Waals surface area (Å²) in [5.41, 5.74) is 0.104. The van der Waals surface area contributed by atoms with E-state index in [9.17, 15) is 28.1 Å². The van der Waals surface area contributed by atoms with Crippen LogP contribution in [0.1, 0.15) is 5.89 Å². The summed E-state index contributed by atoms with van der Waals surface area (Å²) < 4.78 is 41.5. The summed E-state index contributed by atoms with van der Waals surface area (Å²) in [5.74, 6) is -2.35. The summed E-state index contributed by atoms with van der Waals surface area (Å²) in [6, 6.07) is 3.72. The highest BCUT2D eigenvalue weighted by molar-refractivity contribution is 9.10. The van der Waals surface area contributed by atoms with Crippen LogP contribution in [-0.4, -0.2) is 26.8 Å². The van der Waals surface area contributed by atoms with Crippen molar-refractivity contribution in [1.82, 2.24) is 10.2 Å². The van der Waals surface area contributed by atoms with Gasteiger partial charge in [0.25, 0.3) is 10.9 Å². The number of nitrogens with one attached hydrogen (secondary N) is 1. The van der Waals surface area contributed by atoms with Crippen molar-refractivity contribution in [3.8, 4) is 0 Å². The lowest BCUT2D eigenvalue weighted by atomic mass is 10.3. The van der Waals surface area contributed by atoms with Crippen molar-refractivity contribution in [2.24, 2.45) is 0 Å². The van der Waals surface area contributed by atoms with Crippen molar-refractivity contribution in [2.45, 2.75) is 11.4 Å². The smallest absolute Gasteiger partial charge is 0.408 e. The molecule has 0 aliphatic heterocycles. The average molecular weight is 427 g/mol. The summed E-state index contributed by atoms with van der Waals surface area (Å²) >= 11 is 3.70. The molecule has 0 bridgehead atoms. The zero-order chi connectivity index (χ0) is 17.9. The largest absolute Gasteiger partial charge is 0.470 e. The van der Waals surface area contributed by atoms with Crippen LogP contribution in [-0.2, 0) is 11.0 Å². The van der Waals surface area contributed by atoms with E-state index in [1.807, 2.05) is 0 Å². The number of rotatable bonds is 5. The fourth-order valence-corrected chi connectivity index (χ4v) is 2.44. The molecule has 0 saturated carbocycles. The fourth-order valence-electron chi connectivity index (χ4n) is 1.42. The van der Waals surface area contributed by atoms with Gasteiger partial charge in [0.1, 0.15) is 0 Å². The molecule has 1 aromatic heterocycles. The standard InChI is InChI=1S/C11H6BrF3N4O4S/c12-6-3-5(19(21)22)1-2-7(6)16-8(20)4-24-10-18-17-9(23-10)11(13,14)15/h1-3H,4H2,(H,16,20). The fraction of sp³-hybridized carbons (Fsp3) is 0.182. The van der Waals surface area contributed by atoms with Crippen LogP contribution in [0.4, 0.5) is 24.5 Å². The minimum atomic E-state index is -4.75. The molecular weight excluding hydrogens is 421 g/mol. The molecule has 0 atom stereocenters. The van der Waals surface area contributed by atoms with Crippen LogP contribution in [0.5, 0.6) is 0 Å². The molecule has 128 valence electrons. The molecule has 1 aromatic carbocycles. The number of thioether (sulfide) groups is 1. The van der Waals surface area contributed by atoms with Gasteiger partial charge in [-0.15, -0.1) is 10.2 Å². The van der Waals surface area contributed by atoms with Crippen LogP contribution in [0.3, 0.4) is 0 Å². The van der Waals surface area contributed by atoms with Gasteiger partial charge < -0.3 is 9.73 Å². The zero-order valence-electron chi connectivity index (χ0n) is 11.3. The number of amides is 1. The molecule has 13 heteroatoms. The van der Waals surface area contributed by atoms with E-state index >= 15 is 0 Å². The van der Waals surface area contributed by atoms with E-state index < -0.39 is 28.1 Å². The number of hydrogen-bond donors (Lipinski definition) is 1. The molecule has 8 nitrogen and oxygen atoms in total. The van der Waals surface area contributed by atoms with Crippen molar-refractivity contribution < 1.29 is 27.3 Å². The monoisotopic (exact) mass is 426 g/mol. The Bertz CT molecular complexity index is 783. The number of aromatic nitrogens is 2. The Morgan fingerprint density at radius 3 is 2.67 bits per heavy atom. The Kier molecular flexibility index (Phi) is 5.43. The van der Waals surface area contributed by atoms with Crippen LogP contribution in [0.15, 0.2) is 32.3 Å². The summed E-state index contributed by atoms with van der Waals surface area (Å²) in [6.07, 6.45) is -4.75. The van der Waals surface area contributed by atoms with Gasteiger partial charge in [0.05, 0.1) is 16.4 Å². The maximum atomic E-state index is 12.3. The Morgan fingerprint density at radius 2 is 2.12 bits per heavy atom. The molecule has 0 unspecified atom stereocenters. The van der Waals surface area contributed by atoms with Crippen LogP contribution >= 0.6 is 27.7 Å². The summed E-state index contributed by atoms with van der Waals surface area (Å²) in [7, 11) is 0. The highest BCUT2D eigenvalue weighted by Gasteiger charge is 2.38. The third kappa shape index (κ3) is 4.67. The van der Waals surface area contributed by atoms with Crippen LogP contribution in [0, 0.1) is 10.1 Å². The predicted octanol–water partition coefficient (Wildman–Crippen LogP) is 3.49. The molecule has 1 N–H and O–H groups in total. The predicted molar refractivity (Wildman–Crippen MR) is 79.5 cm³/mol. The van der Waals surface area contributed by atoms with Gasteiger partial charge in [0.2, 0.25) is 5.91 Å². The number of carbonyl (C=O) groups is 1. The number of nitro groups is 1. The number of anilines is 1. The SMILES string of the molecule is O=C(CSc1nnc(C(F)(F)F)o1)Nc1ccc([N+](=O)[O-])cc1Br. The number of carbonyl (C=O) groups excluding carboxylic acids is 1. The van der Waals surface area contributed by atoms with Gasteiger partial charge in [0, 0.05) is 16.6 Å². The number of nitro benzene ring substituents is 1. The van der Waals surface area contributed by atoms with E-state index in [1.54, 1.807) is 0 Å². The van der Waals surface area contributed by atoms with Crippen molar-refractivity contribution >= 4 is 45.0 Å².